The van der Waals surface area contributed by atoms with E-state index in [0.717, 1.165) is 17.8 Å². The lowest BCUT2D eigenvalue weighted by Gasteiger charge is -2.57. The Hall–Kier alpha value is -0.0400. The first-order valence-electron chi connectivity index (χ1n) is 9.55. The highest BCUT2D eigenvalue weighted by molar-refractivity contribution is 5.06. The van der Waals surface area contributed by atoms with Gasteiger partial charge in [-0.15, -0.1) is 0 Å². The quantitative estimate of drug-likeness (QED) is 0.564. The summed E-state index contributed by atoms with van der Waals surface area (Å²) >= 11 is 0. The Morgan fingerprint density at radius 2 is 1.25 bits per heavy atom. The highest BCUT2D eigenvalue weighted by atomic mass is 15.0. The van der Waals surface area contributed by atoms with Crippen molar-refractivity contribution in [2.75, 3.05) is 6.54 Å². The van der Waals surface area contributed by atoms with E-state index in [1.165, 1.54) is 70.8 Å². The Kier molecular flexibility index (Phi) is 5.07. The van der Waals surface area contributed by atoms with Crippen molar-refractivity contribution in [3.8, 4) is 0 Å². The highest BCUT2D eigenvalue weighted by Crippen LogP contribution is 2.55. The summed E-state index contributed by atoms with van der Waals surface area (Å²) in [5, 5.41) is 4.03. The highest BCUT2D eigenvalue weighted by Gasteiger charge is 2.50. The van der Waals surface area contributed by atoms with Crippen molar-refractivity contribution in [2.24, 2.45) is 17.8 Å². The smallest absolute Gasteiger partial charge is 0.0189 e. The molecule has 4 aliphatic carbocycles. The van der Waals surface area contributed by atoms with Crippen molar-refractivity contribution in [3.63, 3.8) is 0 Å². The minimum Gasteiger partial charge on any atom is -0.311 e. The van der Waals surface area contributed by atoms with E-state index in [9.17, 15) is 0 Å². The first-order chi connectivity index (χ1) is 9.80. The van der Waals surface area contributed by atoms with Crippen LogP contribution in [0.15, 0.2) is 0 Å². The molecule has 4 bridgehead atoms. The third-order valence-electron chi connectivity index (χ3n) is 6.32. The van der Waals surface area contributed by atoms with E-state index >= 15 is 0 Å². The van der Waals surface area contributed by atoms with Gasteiger partial charge in [0, 0.05) is 5.54 Å². The molecule has 4 fully saturated rings. The minimum atomic E-state index is 0.594. The van der Waals surface area contributed by atoms with E-state index < -0.39 is 0 Å². The van der Waals surface area contributed by atoms with Gasteiger partial charge in [-0.05, 0) is 69.2 Å². The van der Waals surface area contributed by atoms with Crippen molar-refractivity contribution in [2.45, 2.75) is 95.9 Å². The second kappa shape index (κ2) is 6.81. The van der Waals surface area contributed by atoms with Crippen LogP contribution in [0.2, 0.25) is 0 Å². The normalized spacial score (nSPS) is 38.5. The monoisotopic (exact) mass is 277 g/mol. The van der Waals surface area contributed by atoms with Crippen molar-refractivity contribution in [1.82, 2.24) is 5.32 Å². The SMILES string of the molecule is CCCCCCCCCNC12CC3CC(CC(C3)C1)C2. The molecule has 116 valence electrons. The molecule has 1 heteroatoms. The average Bonchev–Trinajstić information content (AvgIpc) is 2.40. The maximum Gasteiger partial charge on any atom is 0.0189 e. The van der Waals surface area contributed by atoms with Crippen molar-refractivity contribution < 1.29 is 0 Å². The van der Waals surface area contributed by atoms with Gasteiger partial charge in [0.15, 0.2) is 0 Å². The van der Waals surface area contributed by atoms with Gasteiger partial charge in [0.05, 0.1) is 0 Å². The number of rotatable bonds is 9. The van der Waals surface area contributed by atoms with Crippen LogP contribution < -0.4 is 5.32 Å². The van der Waals surface area contributed by atoms with Crippen LogP contribution in [0.5, 0.6) is 0 Å². The summed E-state index contributed by atoms with van der Waals surface area (Å²) in [6.45, 7) is 3.59. The molecule has 4 aliphatic rings. The maximum absolute atomic E-state index is 4.03. The first-order valence-corrected chi connectivity index (χ1v) is 9.55. The lowest BCUT2D eigenvalue weighted by atomic mass is 9.53. The van der Waals surface area contributed by atoms with Crippen molar-refractivity contribution in [1.29, 1.82) is 0 Å². The van der Waals surface area contributed by atoms with Crippen LogP contribution in [0.1, 0.15) is 90.4 Å². The summed E-state index contributed by atoms with van der Waals surface area (Å²) < 4.78 is 0. The van der Waals surface area contributed by atoms with E-state index in [4.69, 9.17) is 0 Å². The summed E-state index contributed by atoms with van der Waals surface area (Å²) in [5.41, 5.74) is 0.594. The molecule has 0 radical (unpaired) electrons. The van der Waals surface area contributed by atoms with Gasteiger partial charge in [0.25, 0.3) is 0 Å². The summed E-state index contributed by atoms with van der Waals surface area (Å²) in [6.07, 6.45) is 19.3. The van der Waals surface area contributed by atoms with Crippen molar-refractivity contribution >= 4 is 0 Å². The number of hydrogen-bond donors (Lipinski definition) is 1. The molecule has 0 heterocycles. The van der Waals surface area contributed by atoms with Gasteiger partial charge in [-0.25, -0.2) is 0 Å². The van der Waals surface area contributed by atoms with Crippen molar-refractivity contribution in [3.05, 3.63) is 0 Å². The lowest BCUT2D eigenvalue weighted by molar-refractivity contribution is -0.0196. The van der Waals surface area contributed by atoms with E-state index in [1.54, 1.807) is 19.3 Å². The summed E-state index contributed by atoms with van der Waals surface area (Å²) in [4.78, 5) is 0. The van der Waals surface area contributed by atoms with Crippen LogP contribution in [0.4, 0.5) is 0 Å². The minimum absolute atomic E-state index is 0.594. The molecule has 0 atom stereocenters. The molecule has 0 aromatic rings. The van der Waals surface area contributed by atoms with Crippen LogP contribution in [-0.4, -0.2) is 12.1 Å². The molecule has 0 aromatic carbocycles. The van der Waals surface area contributed by atoms with Gasteiger partial charge < -0.3 is 5.32 Å². The van der Waals surface area contributed by atoms with Crippen LogP contribution in [-0.2, 0) is 0 Å². The van der Waals surface area contributed by atoms with E-state index in [-0.39, 0.29) is 0 Å². The van der Waals surface area contributed by atoms with Gasteiger partial charge in [0.1, 0.15) is 0 Å². The molecule has 20 heavy (non-hydrogen) atoms. The van der Waals surface area contributed by atoms with E-state index in [0.29, 0.717) is 5.54 Å². The predicted octanol–water partition coefficient (Wildman–Crippen LogP) is 5.30. The largest absolute Gasteiger partial charge is 0.311 e. The van der Waals surface area contributed by atoms with Gasteiger partial charge in [-0.3, -0.25) is 0 Å². The molecule has 0 spiro atoms. The molecule has 0 aromatic heterocycles. The Morgan fingerprint density at radius 1 is 0.750 bits per heavy atom. The second-order valence-corrected chi connectivity index (χ2v) is 8.25. The molecule has 0 aliphatic heterocycles. The van der Waals surface area contributed by atoms with Gasteiger partial charge >= 0.3 is 0 Å². The molecular formula is C19H35N. The fourth-order valence-corrected chi connectivity index (χ4v) is 5.76. The lowest BCUT2D eigenvalue weighted by Crippen LogP contribution is -2.58. The summed E-state index contributed by atoms with van der Waals surface area (Å²) in [6, 6.07) is 0. The summed E-state index contributed by atoms with van der Waals surface area (Å²) in [5.74, 6) is 3.26. The topological polar surface area (TPSA) is 12.0 Å². The molecule has 1 nitrogen and oxygen atoms in total. The molecule has 0 saturated heterocycles. The third-order valence-corrected chi connectivity index (χ3v) is 6.32. The zero-order valence-electron chi connectivity index (χ0n) is 13.6. The van der Waals surface area contributed by atoms with E-state index in [2.05, 4.69) is 12.2 Å². The van der Waals surface area contributed by atoms with Gasteiger partial charge in [-0.1, -0.05) is 45.4 Å². The Morgan fingerprint density at radius 3 is 1.80 bits per heavy atom. The second-order valence-electron chi connectivity index (χ2n) is 8.25. The molecule has 4 rings (SSSR count). The number of hydrogen-bond acceptors (Lipinski definition) is 1. The summed E-state index contributed by atoms with van der Waals surface area (Å²) in [7, 11) is 0. The maximum atomic E-state index is 4.03. The average molecular weight is 277 g/mol. The third kappa shape index (κ3) is 3.59. The molecule has 4 saturated carbocycles. The van der Waals surface area contributed by atoms with Crippen LogP contribution >= 0.6 is 0 Å². The Balaban J connectivity index is 1.31. The van der Waals surface area contributed by atoms with Gasteiger partial charge in [0.2, 0.25) is 0 Å². The van der Waals surface area contributed by atoms with Crippen LogP contribution in [0.25, 0.3) is 0 Å². The van der Waals surface area contributed by atoms with Gasteiger partial charge in [-0.2, -0.15) is 0 Å². The standard InChI is InChI=1S/C19H35N/c1-2-3-4-5-6-7-8-9-20-19-13-16-10-17(14-19)12-18(11-16)15-19/h16-18,20H,2-15H2,1H3. The number of unbranched alkanes of at least 4 members (excludes halogenated alkanes) is 6. The first kappa shape index (κ1) is 14.9. The fraction of sp³-hybridized carbons (Fsp3) is 1.00. The Bertz CT molecular complexity index is 261. The molecule has 0 unspecified atom stereocenters. The van der Waals surface area contributed by atoms with Crippen LogP contribution in [0, 0.1) is 17.8 Å². The molecule has 0 amide bonds. The molecular weight excluding hydrogens is 242 g/mol. The molecule has 1 N–H and O–H groups in total. The Labute approximate surface area is 126 Å². The zero-order chi connectivity index (χ0) is 13.8. The number of nitrogens with one attached hydrogen (secondary N) is 1. The predicted molar refractivity (Wildman–Crippen MR) is 86.9 cm³/mol. The van der Waals surface area contributed by atoms with Crippen LogP contribution in [0.3, 0.4) is 0 Å². The van der Waals surface area contributed by atoms with E-state index in [1.807, 2.05) is 0 Å². The fourth-order valence-electron chi connectivity index (χ4n) is 5.76. The zero-order valence-corrected chi connectivity index (χ0v) is 13.6.